The number of hydrogen-bond donors (Lipinski definition) is 1. The molecule has 3 fully saturated rings. The molecule has 0 saturated heterocycles. The molecule has 1 amide bonds. The second kappa shape index (κ2) is 8.01. The minimum absolute atomic E-state index is 0.0122. The summed E-state index contributed by atoms with van der Waals surface area (Å²) in [5.74, 6) is -1.39. The molecule has 4 atom stereocenters. The smallest absolute Gasteiger partial charge is 0.469 e. The molecule has 4 nitrogen and oxygen atoms in total. The van der Waals surface area contributed by atoms with E-state index in [0.29, 0.717) is 37.5 Å². The Morgan fingerprint density at radius 2 is 1.92 bits per heavy atom. The molecule has 26 heavy (non-hydrogen) atoms. The number of hydrogen-bond acceptors (Lipinski definition) is 3. The van der Waals surface area contributed by atoms with Crippen LogP contribution in [-0.4, -0.2) is 31.2 Å². The van der Waals surface area contributed by atoms with Crippen LogP contribution in [0.1, 0.15) is 52.4 Å². The second-order valence-corrected chi connectivity index (χ2v) is 8.01. The highest BCUT2D eigenvalue weighted by molar-refractivity contribution is 5.82. The van der Waals surface area contributed by atoms with Crippen molar-refractivity contribution >= 4 is 11.9 Å². The Balaban J connectivity index is 1.92. The van der Waals surface area contributed by atoms with E-state index < -0.39 is 18.1 Å². The van der Waals surface area contributed by atoms with Gasteiger partial charge in [0.05, 0.1) is 7.11 Å². The van der Waals surface area contributed by atoms with E-state index in [-0.39, 0.29) is 17.3 Å². The minimum Gasteiger partial charge on any atom is -0.469 e. The lowest BCUT2D eigenvalue weighted by molar-refractivity contribution is -0.179. The third kappa shape index (κ3) is 4.60. The van der Waals surface area contributed by atoms with Crippen molar-refractivity contribution in [3.05, 3.63) is 12.2 Å². The Morgan fingerprint density at radius 3 is 2.50 bits per heavy atom. The zero-order chi connectivity index (χ0) is 19.5. The van der Waals surface area contributed by atoms with Gasteiger partial charge in [0.15, 0.2) is 0 Å². The summed E-state index contributed by atoms with van der Waals surface area (Å²) >= 11 is 0. The summed E-state index contributed by atoms with van der Waals surface area (Å²) in [4.78, 5) is 22.4. The number of carbonyl (C=O) groups is 2. The molecule has 0 aromatic heterocycles. The third-order valence-corrected chi connectivity index (χ3v) is 6.25. The Hall–Kier alpha value is -1.53. The normalized spacial score (nSPS) is 29.9. The third-order valence-electron chi connectivity index (χ3n) is 6.25. The van der Waals surface area contributed by atoms with Crippen molar-refractivity contribution in [1.29, 1.82) is 0 Å². The zero-order valence-electron chi connectivity index (χ0n) is 15.6. The topological polar surface area (TPSA) is 55.4 Å². The number of ether oxygens (including phenoxy) is 1. The van der Waals surface area contributed by atoms with Crippen LogP contribution in [0.15, 0.2) is 12.2 Å². The highest BCUT2D eigenvalue weighted by Gasteiger charge is 2.58. The van der Waals surface area contributed by atoms with Crippen LogP contribution < -0.4 is 5.32 Å². The van der Waals surface area contributed by atoms with Gasteiger partial charge in [-0.05, 0) is 55.3 Å². The lowest BCUT2D eigenvalue weighted by Gasteiger charge is -2.62. The van der Waals surface area contributed by atoms with Crippen LogP contribution in [0.3, 0.4) is 0 Å². The van der Waals surface area contributed by atoms with Gasteiger partial charge >= 0.3 is 18.1 Å². The van der Waals surface area contributed by atoms with Crippen LogP contribution in [0, 0.1) is 23.2 Å². The first-order valence-corrected chi connectivity index (χ1v) is 9.16. The van der Waals surface area contributed by atoms with Crippen LogP contribution in [0.5, 0.6) is 0 Å². The summed E-state index contributed by atoms with van der Waals surface area (Å²) in [6, 6.07) is -0.430. The molecule has 3 aliphatic rings. The number of rotatable bonds is 7. The van der Waals surface area contributed by atoms with Gasteiger partial charge in [-0.1, -0.05) is 26.0 Å². The van der Waals surface area contributed by atoms with E-state index in [1.807, 2.05) is 12.2 Å². The van der Waals surface area contributed by atoms with E-state index in [9.17, 15) is 22.8 Å². The molecule has 1 N–H and O–H groups in total. The average Bonchev–Trinajstić information content (AvgIpc) is 2.57. The van der Waals surface area contributed by atoms with Crippen LogP contribution in [0.2, 0.25) is 0 Å². The van der Waals surface area contributed by atoms with E-state index in [2.05, 4.69) is 23.9 Å². The van der Waals surface area contributed by atoms with Crippen molar-refractivity contribution in [2.45, 2.75) is 64.6 Å². The summed E-state index contributed by atoms with van der Waals surface area (Å²) in [5, 5.41) is 2.22. The molecule has 0 heterocycles. The molecule has 0 aliphatic heterocycles. The van der Waals surface area contributed by atoms with Gasteiger partial charge in [0.2, 0.25) is 0 Å². The molecule has 3 saturated carbocycles. The van der Waals surface area contributed by atoms with Gasteiger partial charge in [0.1, 0.15) is 0 Å². The molecule has 0 unspecified atom stereocenters. The van der Waals surface area contributed by atoms with Crippen LogP contribution in [-0.2, 0) is 14.3 Å². The second-order valence-electron chi connectivity index (χ2n) is 8.01. The molecule has 3 rings (SSSR count). The predicted octanol–water partition coefficient (Wildman–Crippen LogP) is 4.01. The number of carbonyl (C=O) groups excluding carboxylic acids is 2. The average molecular weight is 375 g/mol. The maximum Gasteiger partial charge on any atom is 0.471 e. The van der Waals surface area contributed by atoms with Gasteiger partial charge in [-0.2, -0.15) is 13.2 Å². The Kier molecular flexibility index (Phi) is 6.40. The highest BCUT2D eigenvalue weighted by atomic mass is 19.4. The minimum atomic E-state index is -4.84. The molecule has 0 aromatic rings. The first-order chi connectivity index (χ1) is 12.1. The van der Waals surface area contributed by atoms with E-state index >= 15 is 0 Å². The van der Waals surface area contributed by atoms with E-state index in [4.69, 9.17) is 0 Å². The number of amides is 1. The van der Waals surface area contributed by atoms with Crippen molar-refractivity contribution in [1.82, 2.24) is 5.32 Å². The number of allylic oxidation sites excluding steroid dienone is 2. The number of alkyl halides is 3. The number of fused-ring (bicyclic) bond motifs is 2. The van der Waals surface area contributed by atoms with Crippen LogP contribution in [0.25, 0.3) is 0 Å². The van der Waals surface area contributed by atoms with Gasteiger partial charge in [0, 0.05) is 12.5 Å². The van der Waals surface area contributed by atoms with Crippen LogP contribution >= 0.6 is 0 Å². The summed E-state index contributed by atoms with van der Waals surface area (Å²) in [7, 11) is 1.35. The number of unbranched alkanes of at least 4 members (excludes halogenated alkanes) is 1. The number of esters is 1. The lowest BCUT2D eigenvalue weighted by atomic mass is 9.44. The quantitative estimate of drug-likeness (QED) is 0.416. The van der Waals surface area contributed by atoms with Gasteiger partial charge in [-0.3, -0.25) is 9.59 Å². The van der Waals surface area contributed by atoms with Crippen molar-refractivity contribution in [2.75, 3.05) is 7.11 Å². The fourth-order valence-corrected chi connectivity index (χ4v) is 4.53. The maximum atomic E-state index is 12.6. The molecular formula is C19H28F3NO3. The van der Waals surface area contributed by atoms with E-state index in [1.54, 1.807) is 0 Å². The maximum absolute atomic E-state index is 12.6. The molecule has 0 spiro atoms. The van der Waals surface area contributed by atoms with Gasteiger partial charge in [0.25, 0.3) is 0 Å². The largest absolute Gasteiger partial charge is 0.471 e. The first kappa shape index (κ1) is 20.8. The summed E-state index contributed by atoms with van der Waals surface area (Å²) in [6.45, 7) is 4.33. The van der Waals surface area contributed by atoms with Crippen molar-refractivity contribution in [3.63, 3.8) is 0 Å². The Labute approximate surface area is 152 Å². The van der Waals surface area contributed by atoms with Gasteiger partial charge < -0.3 is 10.1 Å². The molecule has 2 bridgehead atoms. The standard InChI is InChI=1S/C19H28F3NO3/c1-18(2)12-10-14(18)13(8-6-4-5-7-9-16(24)26-3)15(11-12)23-17(25)19(20,21)22/h4,6,12-15H,5,7-11H2,1-3H3,(H,23,25)/b6-4-/t12-,13+,14+,15+/m1/s1. The lowest BCUT2D eigenvalue weighted by Crippen LogP contribution is -2.62. The molecular weight excluding hydrogens is 347 g/mol. The number of nitrogens with one attached hydrogen (secondary N) is 1. The van der Waals surface area contributed by atoms with Crippen molar-refractivity contribution in [2.24, 2.45) is 23.2 Å². The Bertz CT molecular complexity index is 557. The van der Waals surface area contributed by atoms with E-state index in [1.165, 1.54) is 7.11 Å². The predicted molar refractivity (Wildman–Crippen MR) is 91.1 cm³/mol. The van der Waals surface area contributed by atoms with Crippen molar-refractivity contribution in [3.8, 4) is 0 Å². The summed E-state index contributed by atoms with van der Waals surface area (Å²) in [5.41, 5.74) is 0.114. The monoisotopic (exact) mass is 375 g/mol. The first-order valence-electron chi connectivity index (χ1n) is 9.16. The van der Waals surface area contributed by atoms with Gasteiger partial charge in [-0.25, -0.2) is 0 Å². The Morgan fingerprint density at radius 1 is 1.23 bits per heavy atom. The molecule has 0 aromatic carbocycles. The summed E-state index contributed by atoms with van der Waals surface area (Å²) in [6.07, 6.45) is 3.11. The molecule has 0 radical (unpaired) electrons. The van der Waals surface area contributed by atoms with Crippen LogP contribution in [0.4, 0.5) is 13.2 Å². The fourth-order valence-electron chi connectivity index (χ4n) is 4.53. The SMILES string of the molecule is COC(=O)CCC/C=C\C[C@@H]1[C@@H](NC(=O)C(F)(F)F)C[C@H]2C[C@@H]1C2(C)C. The highest BCUT2D eigenvalue weighted by Crippen LogP contribution is 2.62. The number of methoxy groups -OCH3 is 1. The summed E-state index contributed by atoms with van der Waals surface area (Å²) < 4.78 is 42.4. The fraction of sp³-hybridized carbons (Fsp3) is 0.789. The van der Waals surface area contributed by atoms with E-state index in [0.717, 1.165) is 12.8 Å². The molecule has 7 heteroatoms. The molecule has 148 valence electrons. The van der Waals surface area contributed by atoms with Crippen molar-refractivity contribution < 1.29 is 27.5 Å². The number of halogens is 3. The van der Waals surface area contributed by atoms with Gasteiger partial charge in [-0.15, -0.1) is 0 Å². The zero-order valence-corrected chi connectivity index (χ0v) is 15.6. The molecule has 3 aliphatic carbocycles.